The molecule has 2 aromatic rings. The third-order valence-corrected chi connectivity index (χ3v) is 4.97. The fourth-order valence-electron chi connectivity index (χ4n) is 1.15. The second kappa shape index (κ2) is 5.40. The lowest BCUT2D eigenvalue weighted by Gasteiger charge is -2.03. The Morgan fingerprint density at radius 2 is 2.12 bits per heavy atom. The van der Waals surface area contributed by atoms with Crippen molar-refractivity contribution in [1.29, 1.82) is 5.26 Å². The fraction of sp³-hybridized carbons (Fsp3) is 0.100. The summed E-state index contributed by atoms with van der Waals surface area (Å²) in [5.74, 6) is 0. The van der Waals surface area contributed by atoms with Gasteiger partial charge in [-0.1, -0.05) is 40.9 Å². The Morgan fingerprint density at radius 1 is 1.35 bits per heavy atom. The topological polar surface area (TPSA) is 75.6 Å². The summed E-state index contributed by atoms with van der Waals surface area (Å²) in [7, 11) is 0. The van der Waals surface area contributed by atoms with Gasteiger partial charge in [0, 0.05) is 4.90 Å². The highest BCUT2D eigenvalue weighted by atomic mass is 32.2. The Bertz CT molecular complexity index is 573. The molecule has 7 heteroatoms. The molecule has 0 atom stereocenters. The molecular weight excluding hydrogens is 272 g/mol. The number of aromatic nitrogens is 2. The summed E-state index contributed by atoms with van der Waals surface area (Å²) in [6.45, 7) is 0. The van der Waals surface area contributed by atoms with Crippen LogP contribution in [0, 0.1) is 11.3 Å². The molecule has 2 rings (SSSR count). The average Bonchev–Trinajstić information content (AvgIpc) is 2.79. The fourth-order valence-corrected chi connectivity index (χ4v) is 3.62. The van der Waals surface area contributed by atoms with Crippen LogP contribution in [0.3, 0.4) is 0 Å². The predicted octanol–water partition coefficient (Wildman–Crippen LogP) is 2.87. The van der Waals surface area contributed by atoms with Gasteiger partial charge in [0.25, 0.3) is 0 Å². The smallest absolute Gasteiger partial charge is 0.179 e. The van der Waals surface area contributed by atoms with E-state index in [0.717, 1.165) is 13.6 Å². The normalized spacial score (nSPS) is 10.1. The Hall–Kier alpha value is -1.23. The summed E-state index contributed by atoms with van der Waals surface area (Å²) in [4.78, 5) is 0.841. The second-order valence-corrected chi connectivity index (χ2v) is 6.29. The largest absolute Gasteiger partial charge is 0.397 e. The first-order chi connectivity index (χ1) is 8.24. The highest BCUT2D eigenvalue weighted by Gasteiger charge is 2.09. The van der Waals surface area contributed by atoms with E-state index in [1.54, 1.807) is 17.8 Å². The van der Waals surface area contributed by atoms with Gasteiger partial charge in [-0.05, 0) is 18.4 Å². The SMILES string of the molecule is CSc1nnc(Sc2cccc(C#N)c2N)s1. The number of thioether (sulfide) groups is 1. The highest BCUT2D eigenvalue weighted by Crippen LogP contribution is 2.36. The van der Waals surface area contributed by atoms with Crippen molar-refractivity contribution < 1.29 is 0 Å². The molecule has 0 spiro atoms. The number of hydrogen-bond donors (Lipinski definition) is 1. The number of nitriles is 1. The monoisotopic (exact) mass is 280 g/mol. The number of hydrogen-bond acceptors (Lipinski definition) is 7. The standard InChI is InChI=1S/C10H8N4S3/c1-15-9-13-14-10(17-9)16-7-4-2-3-6(5-11)8(7)12/h2-4H,12H2,1H3. The van der Waals surface area contributed by atoms with Gasteiger partial charge in [-0.3, -0.25) is 0 Å². The van der Waals surface area contributed by atoms with Crippen LogP contribution in [-0.2, 0) is 0 Å². The average molecular weight is 280 g/mol. The molecule has 0 aliphatic carbocycles. The van der Waals surface area contributed by atoms with Crippen molar-refractivity contribution in [2.45, 2.75) is 13.6 Å². The molecule has 2 N–H and O–H groups in total. The van der Waals surface area contributed by atoms with Crippen molar-refractivity contribution in [3.8, 4) is 6.07 Å². The lowest BCUT2D eigenvalue weighted by Crippen LogP contribution is -1.92. The summed E-state index contributed by atoms with van der Waals surface area (Å²) < 4.78 is 1.75. The maximum atomic E-state index is 8.88. The van der Waals surface area contributed by atoms with E-state index in [-0.39, 0.29) is 0 Å². The van der Waals surface area contributed by atoms with Crippen LogP contribution < -0.4 is 5.73 Å². The zero-order valence-corrected chi connectivity index (χ0v) is 11.3. The molecule has 0 fully saturated rings. The number of para-hydroxylation sites is 1. The minimum absolute atomic E-state index is 0.490. The van der Waals surface area contributed by atoms with Gasteiger partial charge < -0.3 is 5.73 Å². The zero-order chi connectivity index (χ0) is 12.3. The molecule has 0 aliphatic rings. The van der Waals surface area contributed by atoms with Gasteiger partial charge in [0.05, 0.1) is 11.3 Å². The third-order valence-electron chi connectivity index (χ3n) is 1.95. The van der Waals surface area contributed by atoms with Gasteiger partial charge in [-0.2, -0.15) is 5.26 Å². The molecule has 1 aromatic heterocycles. The van der Waals surface area contributed by atoms with E-state index in [1.807, 2.05) is 18.4 Å². The molecule has 17 heavy (non-hydrogen) atoms. The van der Waals surface area contributed by atoms with E-state index in [1.165, 1.54) is 23.1 Å². The van der Waals surface area contributed by atoms with Gasteiger partial charge in [0.1, 0.15) is 6.07 Å². The summed E-state index contributed by atoms with van der Waals surface area (Å²) in [5.41, 5.74) is 6.88. The Kier molecular flexibility index (Phi) is 3.89. The number of benzene rings is 1. The lowest BCUT2D eigenvalue weighted by molar-refractivity contribution is 0.956. The molecule has 0 unspecified atom stereocenters. The van der Waals surface area contributed by atoms with E-state index in [9.17, 15) is 0 Å². The van der Waals surface area contributed by atoms with Crippen molar-refractivity contribution in [2.75, 3.05) is 12.0 Å². The van der Waals surface area contributed by atoms with Crippen molar-refractivity contribution in [3.05, 3.63) is 23.8 Å². The van der Waals surface area contributed by atoms with Crippen molar-refractivity contribution in [3.63, 3.8) is 0 Å². The Labute approximate surface area is 111 Å². The number of anilines is 1. The van der Waals surface area contributed by atoms with Crippen molar-refractivity contribution in [2.24, 2.45) is 0 Å². The minimum atomic E-state index is 0.490. The van der Waals surface area contributed by atoms with Crippen LogP contribution >= 0.6 is 34.9 Å². The Balaban J connectivity index is 2.27. The van der Waals surface area contributed by atoms with Crippen molar-refractivity contribution in [1.82, 2.24) is 10.2 Å². The lowest BCUT2D eigenvalue weighted by atomic mass is 10.2. The second-order valence-electron chi connectivity index (χ2n) is 2.97. The Morgan fingerprint density at radius 3 is 2.76 bits per heavy atom. The van der Waals surface area contributed by atoms with E-state index in [0.29, 0.717) is 11.3 Å². The van der Waals surface area contributed by atoms with E-state index in [2.05, 4.69) is 16.3 Å². The van der Waals surface area contributed by atoms with Crippen LogP contribution in [0.1, 0.15) is 5.56 Å². The molecule has 0 bridgehead atoms. The van der Waals surface area contributed by atoms with Gasteiger partial charge in [-0.25, -0.2) is 0 Å². The number of nitrogens with zero attached hydrogens (tertiary/aromatic N) is 3. The summed E-state index contributed by atoms with van der Waals surface area (Å²) >= 11 is 4.51. The van der Waals surface area contributed by atoms with Crippen molar-refractivity contribution >= 4 is 40.5 Å². The highest BCUT2D eigenvalue weighted by molar-refractivity contribution is 8.03. The number of rotatable bonds is 3. The summed E-state index contributed by atoms with van der Waals surface area (Å²) in [5, 5.41) is 16.9. The molecule has 0 saturated heterocycles. The van der Waals surface area contributed by atoms with Gasteiger partial charge in [0.15, 0.2) is 8.68 Å². The van der Waals surface area contributed by atoms with Crippen LogP contribution in [0.25, 0.3) is 0 Å². The first kappa shape index (κ1) is 12.2. The molecule has 86 valence electrons. The van der Waals surface area contributed by atoms with Crippen LogP contribution in [0.5, 0.6) is 0 Å². The zero-order valence-electron chi connectivity index (χ0n) is 8.88. The van der Waals surface area contributed by atoms with Crippen LogP contribution in [0.15, 0.2) is 31.8 Å². The van der Waals surface area contributed by atoms with Crippen LogP contribution in [0.4, 0.5) is 5.69 Å². The third kappa shape index (κ3) is 2.72. The number of nitrogens with two attached hydrogens (primary N) is 1. The molecule has 0 saturated carbocycles. The van der Waals surface area contributed by atoms with Gasteiger partial charge in [0.2, 0.25) is 0 Å². The molecule has 0 radical (unpaired) electrons. The summed E-state index contributed by atoms with van der Waals surface area (Å²) in [6, 6.07) is 7.45. The molecule has 1 heterocycles. The first-order valence-corrected chi connectivity index (χ1v) is 7.44. The molecule has 0 amide bonds. The maximum Gasteiger partial charge on any atom is 0.179 e. The number of nitrogen functional groups attached to an aromatic ring is 1. The van der Waals surface area contributed by atoms with E-state index < -0.39 is 0 Å². The van der Waals surface area contributed by atoms with Gasteiger partial charge >= 0.3 is 0 Å². The van der Waals surface area contributed by atoms with E-state index >= 15 is 0 Å². The molecule has 0 aliphatic heterocycles. The van der Waals surface area contributed by atoms with Gasteiger partial charge in [-0.15, -0.1) is 10.2 Å². The molecule has 1 aromatic carbocycles. The predicted molar refractivity (Wildman–Crippen MR) is 71.4 cm³/mol. The quantitative estimate of drug-likeness (QED) is 0.688. The molecule has 4 nitrogen and oxygen atoms in total. The van der Waals surface area contributed by atoms with Crippen LogP contribution in [-0.4, -0.2) is 16.5 Å². The first-order valence-electron chi connectivity index (χ1n) is 4.58. The van der Waals surface area contributed by atoms with E-state index in [4.69, 9.17) is 11.0 Å². The maximum absolute atomic E-state index is 8.88. The van der Waals surface area contributed by atoms with Crippen LogP contribution in [0.2, 0.25) is 0 Å². The molecular formula is C10H8N4S3. The summed E-state index contributed by atoms with van der Waals surface area (Å²) in [6.07, 6.45) is 1.96. The minimum Gasteiger partial charge on any atom is -0.397 e.